The molecule has 2 nitrogen and oxygen atoms in total. The van der Waals surface area contributed by atoms with E-state index in [-0.39, 0.29) is 13.5 Å². The highest BCUT2D eigenvalue weighted by molar-refractivity contribution is 7.59. The molecule has 9 heavy (non-hydrogen) atoms. The molecule has 0 bridgehead atoms. The number of rotatable bonds is 2. The van der Waals surface area contributed by atoms with E-state index >= 15 is 0 Å². The maximum atomic E-state index is 4.96. The molecule has 1 aliphatic rings. The fraction of sp³-hybridized carbons (Fsp3) is 1.00. The average molecular weight is 149 g/mol. The Kier molecular flexibility index (Phi) is 5.24. The molecular weight excluding hydrogens is 134 g/mol. The van der Waals surface area contributed by atoms with Crippen molar-refractivity contribution in [2.45, 2.75) is 18.9 Å². The monoisotopic (exact) mass is 149 g/mol. The van der Waals surface area contributed by atoms with Crippen molar-refractivity contribution < 1.29 is 4.74 Å². The quantitative estimate of drug-likeness (QED) is 0.617. The Balaban J connectivity index is 0.000000640. The SMILES string of the molecule is COC[C@@H]1CCCN1.S. The molecule has 3 heteroatoms. The first-order valence-electron chi connectivity index (χ1n) is 3.16. The van der Waals surface area contributed by atoms with Gasteiger partial charge in [0.25, 0.3) is 0 Å². The van der Waals surface area contributed by atoms with Crippen molar-refractivity contribution in [1.82, 2.24) is 5.32 Å². The van der Waals surface area contributed by atoms with E-state index in [4.69, 9.17) is 4.74 Å². The van der Waals surface area contributed by atoms with Crippen LogP contribution >= 0.6 is 13.5 Å². The molecule has 1 N–H and O–H groups in total. The topological polar surface area (TPSA) is 21.3 Å². The fourth-order valence-electron chi connectivity index (χ4n) is 1.10. The van der Waals surface area contributed by atoms with Gasteiger partial charge < -0.3 is 10.1 Å². The van der Waals surface area contributed by atoms with Gasteiger partial charge in [-0.3, -0.25) is 0 Å². The summed E-state index contributed by atoms with van der Waals surface area (Å²) in [6.45, 7) is 2.05. The van der Waals surface area contributed by atoms with Crippen molar-refractivity contribution in [3.05, 3.63) is 0 Å². The Bertz CT molecular complexity index is 64.1. The van der Waals surface area contributed by atoms with Gasteiger partial charge in [-0.15, -0.1) is 0 Å². The summed E-state index contributed by atoms with van der Waals surface area (Å²) in [6.07, 6.45) is 2.60. The molecule has 1 aliphatic heterocycles. The molecule has 1 rings (SSSR count). The molecule has 0 unspecified atom stereocenters. The summed E-state index contributed by atoms with van der Waals surface area (Å²) >= 11 is 0. The summed E-state index contributed by atoms with van der Waals surface area (Å²) in [6, 6.07) is 0.639. The molecule has 56 valence electrons. The van der Waals surface area contributed by atoms with Gasteiger partial charge in [0, 0.05) is 13.2 Å². The molecule has 0 aromatic rings. The van der Waals surface area contributed by atoms with E-state index in [1.807, 2.05) is 0 Å². The van der Waals surface area contributed by atoms with Crippen molar-refractivity contribution >= 4 is 13.5 Å². The third-order valence-electron chi connectivity index (χ3n) is 1.53. The molecule has 0 aromatic heterocycles. The summed E-state index contributed by atoms with van der Waals surface area (Å²) < 4.78 is 4.96. The molecule has 0 aliphatic carbocycles. The Labute approximate surface area is 63.4 Å². The maximum absolute atomic E-state index is 4.96. The number of hydrogen-bond acceptors (Lipinski definition) is 2. The third kappa shape index (κ3) is 3.08. The molecule has 1 saturated heterocycles. The molecular formula is C6H15NOS. The van der Waals surface area contributed by atoms with E-state index in [1.54, 1.807) is 7.11 Å². The summed E-state index contributed by atoms with van der Waals surface area (Å²) in [5.41, 5.74) is 0. The first-order chi connectivity index (χ1) is 3.93. The van der Waals surface area contributed by atoms with Gasteiger partial charge in [-0.2, -0.15) is 13.5 Å². The van der Waals surface area contributed by atoms with Crippen LogP contribution in [0.4, 0.5) is 0 Å². The van der Waals surface area contributed by atoms with Crippen LogP contribution in [0.5, 0.6) is 0 Å². The molecule has 1 atom stereocenters. The van der Waals surface area contributed by atoms with Crippen LogP contribution in [0.25, 0.3) is 0 Å². The predicted octanol–water partition coefficient (Wildman–Crippen LogP) is 0.498. The Hall–Kier alpha value is 0.270. The second kappa shape index (κ2) is 5.09. The van der Waals surface area contributed by atoms with Crippen LogP contribution in [0.1, 0.15) is 12.8 Å². The van der Waals surface area contributed by atoms with Crippen LogP contribution in [0.15, 0.2) is 0 Å². The van der Waals surface area contributed by atoms with Crippen molar-refractivity contribution in [2.24, 2.45) is 0 Å². The molecule has 0 aromatic carbocycles. The van der Waals surface area contributed by atoms with Crippen molar-refractivity contribution in [3.8, 4) is 0 Å². The summed E-state index contributed by atoms with van der Waals surface area (Å²) in [5.74, 6) is 0. The lowest BCUT2D eigenvalue weighted by atomic mass is 10.2. The summed E-state index contributed by atoms with van der Waals surface area (Å²) in [4.78, 5) is 0. The number of hydrogen-bond donors (Lipinski definition) is 1. The second-order valence-corrected chi connectivity index (χ2v) is 2.25. The van der Waals surface area contributed by atoms with E-state index < -0.39 is 0 Å². The average Bonchev–Trinajstić information content (AvgIpc) is 2.19. The first-order valence-corrected chi connectivity index (χ1v) is 3.16. The molecule has 1 fully saturated rings. The highest BCUT2D eigenvalue weighted by atomic mass is 32.1. The Morgan fingerprint density at radius 1 is 1.67 bits per heavy atom. The van der Waals surface area contributed by atoms with Crippen molar-refractivity contribution in [2.75, 3.05) is 20.3 Å². The van der Waals surface area contributed by atoms with E-state index in [0.717, 1.165) is 6.61 Å². The zero-order valence-electron chi connectivity index (χ0n) is 5.81. The number of ether oxygens (including phenoxy) is 1. The van der Waals surface area contributed by atoms with Crippen molar-refractivity contribution in [3.63, 3.8) is 0 Å². The van der Waals surface area contributed by atoms with Gasteiger partial charge in [0.15, 0.2) is 0 Å². The van der Waals surface area contributed by atoms with E-state index in [9.17, 15) is 0 Å². The van der Waals surface area contributed by atoms with Gasteiger partial charge in [0.05, 0.1) is 6.61 Å². The van der Waals surface area contributed by atoms with E-state index in [1.165, 1.54) is 19.4 Å². The minimum absolute atomic E-state index is 0. The lowest BCUT2D eigenvalue weighted by Crippen LogP contribution is -2.25. The Morgan fingerprint density at radius 2 is 2.44 bits per heavy atom. The van der Waals surface area contributed by atoms with E-state index in [0.29, 0.717) is 6.04 Å². The first kappa shape index (κ1) is 9.27. The summed E-state index contributed by atoms with van der Waals surface area (Å²) in [7, 11) is 1.75. The maximum Gasteiger partial charge on any atom is 0.0615 e. The highest BCUT2D eigenvalue weighted by Gasteiger charge is 2.11. The van der Waals surface area contributed by atoms with Crippen LogP contribution in [-0.2, 0) is 4.74 Å². The zero-order valence-corrected chi connectivity index (χ0v) is 6.81. The third-order valence-corrected chi connectivity index (χ3v) is 1.53. The van der Waals surface area contributed by atoms with Gasteiger partial charge in [0.2, 0.25) is 0 Å². The Morgan fingerprint density at radius 3 is 2.89 bits per heavy atom. The van der Waals surface area contributed by atoms with Crippen LogP contribution in [-0.4, -0.2) is 26.3 Å². The summed E-state index contributed by atoms with van der Waals surface area (Å²) in [5, 5.41) is 3.33. The fourth-order valence-corrected chi connectivity index (χ4v) is 1.10. The van der Waals surface area contributed by atoms with Gasteiger partial charge in [-0.25, -0.2) is 0 Å². The van der Waals surface area contributed by atoms with E-state index in [2.05, 4.69) is 5.32 Å². The standard InChI is InChI=1S/C6H13NO.H2S/c1-8-5-6-3-2-4-7-6;/h6-7H,2-5H2,1H3;1H2/t6-;/m0./s1. The number of methoxy groups -OCH3 is 1. The minimum Gasteiger partial charge on any atom is -0.383 e. The molecule has 0 saturated carbocycles. The van der Waals surface area contributed by atoms with Gasteiger partial charge in [-0.05, 0) is 19.4 Å². The smallest absolute Gasteiger partial charge is 0.0615 e. The van der Waals surface area contributed by atoms with Crippen LogP contribution < -0.4 is 5.32 Å². The number of nitrogens with one attached hydrogen (secondary N) is 1. The zero-order chi connectivity index (χ0) is 5.82. The largest absolute Gasteiger partial charge is 0.383 e. The molecule has 0 radical (unpaired) electrons. The van der Waals surface area contributed by atoms with Crippen LogP contribution in [0.3, 0.4) is 0 Å². The highest BCUT2D eigenvalue weighted by Crippen LogP contribution is 2.03. The van der Waals surface area contributed by atoms with Gasteiger partial charge in [0.1, 0.15) is 0 Å². The lowest BCUT2D eigenvalue weighted by Gasteiger charge is -2.05. The second-order valence-electron chi connectivity index (χ2n) is 2.25. The lowest BCUT2D eigenvalue weighted by molar-refractivity contribution is 0.173. The van der Waals surface area contributed by atoms with Crippen molar-refractivity contribution in [1.29, 1.82) is 0 Å². The molecule has 0 amide bonds. The predicted molar refractivity (Wildman–Crippen MR) is 43.3 cm³/mol. The van der Waals surface area contributed by atoms with Crippen LogP contribution in [0.2, 0.25) is 0 Å². The van der Waals surface area contributed by atoms with Crippen LogP contribution in [0, 0.1) is 0 Å². The molecule has 0 spiro atoms. The molecule has 1 heterocycles. The normalized spacial score (nSPS) is 25.7. The van der Waals surface area contributed by atoms with Gasteiger partial charge in [-0.1, -0.05) is 0 Å². The minimum atomic E-state index is 0. The van der Waals surface area contributed by atoms with Gasteiger partial charge >= 0.3 is 0 Å².